The minimum Gasteiger partial charge on any atom is -0.316 e. The number of rotatable bonds is 2. The van der Waals surface area contributed by atoms with E-state index in [1.54, 1.807) is 0 Å². The molecule has 1 nitrogen and oxygen atoms in total. The third-order valence-electron chi connectivity index (χ3n) is 2.30. The second kappa shape index (κ2) is 4.58. The highest BCUT2D eigenvalue weighted by Crippen LogP contribution is 2.12. The molecule has 0 bridgehead atoms. The molecule has 72 valence electrons. The normalized spacial score (nSPS) is 16.1. The van der Waals surface area contributed by atoms with E-state index in [1.165, 1.54) is 17.7 Å². The number of benzene rings is 1. The molecule has 0 atom stereocenters. The molecule has 0 radical (unpaired) electrons. The smallest absolute Gasteiger partial charge is 0.123 e. The molecule has 1 aromatic rings. The molecule has 0 unspecified atom stereocenters. The first-order chi connectivity index (χ1) is 5.84. The van der Waals surface area contributed by atoms with Crippen LogP contribution in [0.1, 0.15) is 5.56 Å². The summed E-state index contributed by atoms with van der Waals surface area (Å²) in [7, 11) is 0. The Morgan fingerprint density at radius 1 is 1.23 bits per heavy atom. The van der Waals surface area contributed by atoms with E-state index in [-0.39, 0.29) is 18.2 Å². The Balaban J connectivity index is 0.000000845. The Kier molecular flexibility index (Phi) is 3.70. The molecule has 3 heteroatoms. The quantitative estimate of drug-likeness (QED) is 0.772. The van der Waals surface area contributed by atoms with Crippen LogP contribution in [0.25, 0.3) is 0 Å². The third kappa shape index (κ3) is 2.68. The summed E-state index contributed by atoms with van der Waals surface area (Å²) < 4.78 is 12.5. The van der Waals surface area contributed by atoms with Crippen LogP contribution in [0.5, 0.6) is 0 Å². The van der Waals surface area contributed by atoms with Gasteiger partial charge in [0.05, 0.1) is 0 Å². The van der Waals surface area contributed by atoms with Crippen molar-refractivity contribution in [3.8, 4) is 0 Å². The van der Waals surface area contributed by atoms with Crippen molar-refractivity contribution in [1.82, 2.24) is 5.32 Å². The van der Waals surface area contributed by atoms with E-state index in [0.717, 1.165) is 25.4 Å². The van der Waals surface area contributed by atoms with Crippen LogP contribution < -0.4 is 5.32 Å². The zero-order valence-corrected chi connectivity index (χ0v) is 8.11. The maximum absolute atomic E-state index is 12.5. The molecule has 1 fully saturated rings. The molecular formula is C10H13ClFN. The average Bonchev–Trinajstić information content (AvgIpc) is 2.00. The minimum atomic E-state index is -0.148. The molecular weight excluding hydrogens is 189 g/mol. The zero-order chi connectivity index (χ0) is 8.39. The maximum atomic E-state index is 12.5. The Bertz CT molecular complexity index is 256. The van der Waals surface area contributed by atoms with Gasteiger partial charge in [-0.25, -0.2) is 4.39 Å². The van der Waals surface area contributed by atoms with Crippen molar-refractivity contribution in [3.63, 3.8) is 0 Å². The second-order valence-corrected chi connectivity index (χ2v) is 3.35. The van der Waals surface area contributed by atoms with Gasteiger partial charge in [0.1, 0.15) is 5.82 Å². The highest BCUT2D eigenvalue weighted by Gasteiger charge is 2.16. The van der Waals surface area contributed by atoms with E-state index in [4.69, 9.17) is 0 Å². The van der Waals surface area contributed by atoms with Crippen molar-refractivity contribution < 1.29 is 4.39 Å². The highest BCUT2D eigenvalue weighted by atomic mass is 35.5. The van der Waals surface area contributed by atoms with Crippen LogP contribution in [0.2, 0.25) is 0 Å². The molecule has 0 spiro atoms. The fourth-order valence-electron chi connectivity index (χ4n) is 1.45. The van der Waals surface area contributed by atoms with Crippen LogP contribution in [-0.2, 0) is 6.42 Å². The number of halogens is 2. The van der Waals surface area contributed by atoms with Crippen LogP contribution in [-0.4, -0.2) is 13.1 Å². The standard InChI is InChI=1S/C10H12FN.ClH/c11-10-3-1-8(2-4-10)5-9-6-12-7-9;/h1-4,9,12H,5-7H2;1H. The van der Waals surface area contributed by atoms with Crippen LogP contribution >= 0.6 is 12.4 Å². The summed E-state index contributed by atoms with van der Waals surface area (Å²) in [6.45, 7) is 2.22. The van der Waals surface area contributed by atoms with Crippen molar-refractivity contribution in [2.24, 2.45) is 5.92 Å². The lowest BCUT2D eigenvalue weighted by atomic mass is 9.94. The van der Waals surface area contributed by atoms with E-state index in [1.807, 2.05) is 12.1 Å². The van der Waals surface area contributed by atoms with Crippen LogP contribution in [0.3, 0.4) is 0 Å². The van der Waals surface area contributed by atoms with E-state index >= 15 is 0 Å². The Morgan fingerprint density at radius 2 is 1.85 bits per heavy atom. The summed E-state index contributed by atoms with van der Waals surface area (Å²) in [5.74, 6) is 0.612. The van der Waals surface area contributed by atoms with Gasteiger partial charge in [0.15, 0.2) is 0 Å². The maximum Gasteiger partial charge on any atom is 0.123 e. The average molecular weight is 202 g/mol. The molecule has 1 aliphatic heterocycles. The molecule has 1 N–H and O–H groups in total. The molecule has 2 rings (SSSR count). The molecule has 0 aromatic heterocycles. The SMILES string of the molecule is Cl.Fc1ccc(CC2CNC2)cc1. The van der Waals surface area contributed by atoms with Crippen LogP contribution in [0.4, 0.5) is 4.39 Å². The predicted molar refractivity (Wildman–Crippen MR) is 53.7 cm³/mol. The van der Waals surface area contributed by atoms with Crippen molar-refractivity contribution in [2.45, 2.75) is 6.42 Å². The summed E-state index contributed by atoms with van der Waals surface area (Å²) in [6, 6.07) is 6.80. The molecule has 1 aromatic carbocycles. The van der Waals surface area contributed by atoms with Crippen LogP contribution in [0, 0.1) is 11.7 Å². The molecule has 1 aliphatic rings. The Morgan fingerprint density at radius 3 is 2.31 bits per heavy atom. The number of hydrogen-bond donors (Lipinski definition) is 1. The van der Waals surface area contributed by atoms with Gasteiger partial charge in [-0.1, -0.05) is 12.1 Å². The van der Waals surface area contributed by atoms with Crippen molar-refractivity contribution in [1.29, 1.82) is 0 Å². The van der Waals surface area contributed by atoms with Gasteiger partial charge in [0.25, 0.3) is 0 Å². The summed E-state index contributed by atoms with van der Waals surface area (Å²) in [4.78, 5) is 0. The molecule has 13 heavy (non-hydrogen) atoms. The minimum absolute atomic E-state index is 0. The summed E-state index contributed by atoms with van der Waals surface area (Å²) >= 11 is 0. The fraction of sp³-hybridized carbons (Fsp3) is 0.400. The summed E-state index contributed by atoms with van der Waals surface area (Å²) in [6.07, 6.45) is 1.08. The molecule has 1 saturated heterocycles. The fourth-order valence-corrected chi connectivity index (χ4v) is 1.45. The van der Waals surface area contributed by atoms with E-state index in [0.29, 0.717) is 0 Å². The molecule has 0 aliphatic carbocycles. The number of hydrogen-bond acceptors (Lipinski definition) is 1. The number of nitrogens with one attached hydrogen (secondary N) is 1. The Hall–Kier alpha value is -0.600. The van der Waals surface area contributed by atoms with Crippen molar-refractivity contribution >= 4 is 12.4 Å². The van der Waals surface area contributed by atoms with Gasteiger partial charge in [-0.05, 0) is 43.1 Å². The largest absolute Gasteiger partial charge is 0.316 e. The van der Waals surface area contributed by atoms with Crippen LogP contribution in [0.15, 0.2) is 24.3 Å². The Labute approximate surface area is 83.8 Å². The van der Waals surface area contributed by atoms with E-state index in [2.05, 4.69) is 5.32 Å². The molecule has 1 heterocycles. The lowest BCUT2D eigenvalue weighted by Gasteiger charge is -2.26. The molecule has 0 amide bonds. The van der Waals surface area contributed by atoms with Crippen molar-refractivity contribution in [3.05, 3.63) is 35.6 Å². The van der Waals surface area contributed by atoms with Gasteiger partial charge < -0.3 is 5.32 Å². The summed E-state index contributed by atoms with van der Waals surface area (Å²) in [5.41, 5.74) is 1.24. The third-order valence-corrected chi connectivity index (χ3v) is 2.30. The van der Waals surface area contributed by atoms with Gasteiger partial charge in [-0.2, -0.15) is 0 Å². The van der Waals surface area contributed by atoms with E-state index < -0.39 is 0 Å². The highest BCUT2D eigenvalue weighted by molar-refractivity contribution is 5.85. The predicted octanol–water partition coefficient (Wildman–Crippen LogP) is 2.01. The lowest BCUT2D eigenvalue weighted by molar-refractivity contribution is 0.346. The topological polar surface area (TPSA) is 12.0 Å². The van der Waals surface area contributed by atoms with Gasteiger partial charge in [-0.15, -0.1) is 12.4 Å². The first-order valence-corrected chi connectivity index (χ1v) is 4.30. The monoisotopic (exact) mass is 201 g/mol. The van der Waals surface area contributed by atoms with Gasteiger partial charge in [0.2, 0.25) is 0 Å². The van der Waals surface area contributed by atoms with E-state index in [9.17, 15) is 4.39 Å². The molecule has 0 saturated carbocycles. The first kappa shape index (κ1) is 10.5. The second-order valence-electron chi connectivity index (χ2n) is 3.35. The zero-order valence-electron chi connectivity index (χ0n) is 7.29. The first-order valence-electron chi connectivity index (χ1n) is 4.30. The van der Waals surface area contributed by atoms with Gasteiger partial charge >= 0.3 is 0 Å². The van der Waals surface area contributed by atoms with Gasteiger partial charge in [0, 0.05) is 0 Å². The van der Waals surface area contributed by atoms with Crippen molar-refractivity contribution in [2.75, 3.05) is 13.1 Å². The summed E-state index contributed by atoms with van der Waals surface area (Å²) in [5, 5.41) is 3.22. The lowest BCUT2D eigenvalue weighted by Crippen LogP contribution is -2.43. The van der Waals surface area contributed by atoms with Gasteiger partial charge in [-0.3, -0.25) is 0 Å².